The van der Waals surface area contributed by atoms with Crippen molar-refractivity contribution >= 4 is 17.8 Å². The van der Waals surface area contributed by atoms with Gasteiger partial charge in [-0.1, -0.05) is 13.3 Å². The fourth-order valence-corrected chi connectivity index (χ4v) is 1.94. The van der Waals surface area contributed by atoms with Crippen LogP contribution in [-0.4, -0.2) is 58.6 Å². The number of nitrogens with one attached hydrogen (secondary N) is 2. The molecule has 0 spiro atoms. The third-order valence-electron chi connectivity index (χ3n) is 3.01. The molecule has 0 atom stereocenters. The van der Waals surface area contributed by atoms with Crippen molar-refractivity contribution in [2.24, 2.45) is 0 Å². The van der Waals surface area contributed by atoms with Crippen LogP contribution in [0.2, 0.25) is 0 Å². The highest BCUT2D eigenvalue weighted by molar-refractivity contribution is 5.90. The zero-order valence-corrected chi connectivity index (χ0v) is 14.9. The Bertz CT molecular complexity index is 589. The SMILES string of the molecule is CCCc1cc(C(=O)OCC(=O)N(C)CC(=O)NC(C)(C)C)n[nH]1. The number of aromatic nitrogens is 2. The number of hydrogen-bond donors (Lipinski definition) is 2. The Morgan fingerprint density at radius 1 is 1.33 bits per heavy atom. The van der Waals surface area contributed by atoms with Crippen molar-refractivity contribution < 1.29 is 19.1 Å². The lowest BCUT2D eigenvalue weighted by Gasteiger charge is -2.23. The molecule has 0 saturated heterocycles. The predicted molar refractivity (Wildman–Crippen MR) is 88.4 cm³/mol. The third kappa shape index (κ3) is 6.80. The number of carbonyl (C=O) groups is 3. The van der Waals surface area contributed by atoms with Crippen LogP contribution in [0.15, 0.2) is 6.07 Å². The van der Waals surface area contributed by atoms with Gasteiger partial charge in [-0.2, -0.15) is 5.10 Å². The number of ether oxygens (including phenoxy) is 1. The summed E-state index contributed by atoms with van der Waals surface area (Å²) in [6.45, 7) is 7.04. The van der Waals surface area contributed by atoms with Gasteiger partial charge in [0.25, 0.3) is 5.91 Å². The first-order valence-electron chi connectivity index (χ1n) is 7.88. The summed E-state index contributed by atoms with van der Waals surface area (Å²) >= 11 is 0. The van der Waals surface area contributed by atoms with Crippen molar-refractivity contribution in [1.29, 1.82) is 0 Å². The van der Waals surface area contributed by atoms with E-state index in [2.05, 4.69) is 15.5 Å². The molecular weight excluding hydrogens is 312 g/mol. The van der Waals surface area contributed by atoms with Crippen LogP contribution >= 0.6 is 0 Å². The van der Waals surface area contributed by atoms with Gasteiger partial charge in [0.05, 0.1) is 6.54 Å². The molecule has 1 aromatic rings. The molecule has 1 rings (SSSR count). The maximum atomic E-state index is 11.9. The van der Waals surface area contributed by atoms with E-state index in [1.807, 2.05) is 27.7 Å². The molecule has 24 heavy (non-hydrogen) atoms. The van der Waals surface area contributed by atoms with Crippen LogP contribution in [0.4, 0.5) is 0 Å². The molecule has 8 heteroatoms. The molecule has 0 unspecified atom stereocenters. The fourth-order valence-electron chi connectivity index (χ4n) is 1.94. The normalized spacial score (nSPS) is 11.0. The minimum Gasteiger partial charge on any atom is -0.451 e. The maximum Gasteiger partial charge on any atom is 0.359 e. The van der Waals surface area contributed by atoms with Crippen molar-refractivity contribution in [2.75, 3.05) is 20.2 Å². The van der Waals surface area contributed by atoms with Gasteiger partial charge in [0.2, 0.25) is 5.91 Å². The monoisotopic (exact) mass is 338 g/mol. The molecule has 0 aliphatic heterocycles. The van der Waals surface area contributed by atoms with Gasteiger partial charge in [-0.05, 0) is 33.3 Å². The molecule has 0 aromatic carbocycles. The van der Waals surface area contributed by atoms with E-state index in [1.54, 1.807) is 6.07 Å². The van der Waals surface area contributed by atoms with Gasteiger partial charge in [0.1, 0.15) is 0 Å². The average molecular weight is 338 g/mol. The van der Waals surface area contributed by atoms with Crippen LogP contribution < -0.4 is 5.32 Å². The lowest BCUT2D eigenvalue weighted by atomic mass is 10.1. The Balaban J connectivity index is 2.43. The molecule has 2 amide bonds. The van der Waals surface area contributed by atoms with Gasteiger partial charge < -0.3 is 15.0 Å². The number of aryl methyl sites for hydroxylation is 1. The zero-order valence-electron chi connectivity index (χ0n) is 14.9. The summed E-state index contributed by atoms with van der Waals surface area (Å²) in [5, 5.41) is 9.36. The Kier molecular flexibility index (Phi) is 6.94. The molecule has 0 bridgehead atoms. The van der Waals surface area contributed by atoms with Gasteiger partial charge in [0, 0.05) is 18.3 Å². The number of rotatable bonds is 7. The molecule has 0 radical (unpaired) electrons. The zero-order chi connectivity index (χ0) is 18.3. The lowest BCUT2D eigenvalue weighted by Crippen LogP contribution is -2.46. The average Bonchev–Trinajstić information content (AvgIpc) is 2.91. The van der Waals surface area contributed by atoms with E-state index in [1.165, 1.54) is 11.9 Å². The van der Waals surface area contributed by atoms with Crippen LogP contribution in [0.25, 0.3) is 0 Å². The summed E-state index contributed by atoms with van der Waals surface area (Å²) in [6.07, 6.45) is 1.71. The van der Waals surface area contributed by atoms with Crippen molar-refractivity contribution in [1.82, 2.24) is 20.4 Å². The summed E-state index contributed by atoms with van der Waals surface area (Å²) in [7, 11) is 1.48. The highest BCUT2D eigenvalue weighted by Gasteiger charge is 2.19. The molecule has 0 saturated carbocycles. The number of hydrogen-bond acceptors (Lipinski definition) is 5. The van der Waals surface area contributed by atoms with Gasteiger partial charge in [-0.25, -0.2) is 4.79 Å². The quantitative estimate of drug-likeness (QED) is 0.719. The molecule has 1 heterocycles. The molecule has 2 N–H and O–H groups in total. The predicted octanol–water partition coefficient (Wildman–Crippen LogP) is 0.892. The van der Waals surface area contributed by atoms with Gasteiger partial charge in [-0.15, -0.1) is 0 Å². The highest BCUT2D eigenvalue weighted by atomic mass is 16.5. The Morgan fingerprint density at radius 3 is 2.58 bits per heavy atom. The largest absolute Gasteiger partial charge is 0.451 e. The summed E-state index contributed by atoms with van der Waals surface area (Å²) < 4.78 is 4.94. The summed E-state index contributed by atoms with van der Waals surface area (Å²) in [6, 6.07) is 1.61. The first kappa shape index (κ1) is 19.7. The van der Waals surface area contributed by atoms with Crippen molar-refractivity contribution in [3.8, 4) is 0 Å². The summed E-state index contributed by atoms with van der Waals surface area (Å²) in [5.41, 5.74) is 0.606. The first-order chi connectivity index (χ1) is 11.1. The van der Waals surface area contributed by atoms with Crippen LogP contribution in [-0.2, 0) is 20.7 Å². The lowest BCUT2D eigenvalue weighted by molar-refractivity contribution is -0.137. The third-order valence-corrected chi connectivity index (χ3v) is 3.01. The van der Waals surface area contributed by atoms with E-state index in [-0.39, 0.29) is 23.7 Å². The van der Waals surface area contributed by atoms with Crippen LogP contribution in [0, 0.1) is 0 Å². The van der Waals surface area contributed by atoms with Gasteiger partial charge in [0.15, 0.2) is 12.3 Å². The number of nitrogens with zero attached hydrogens (tertiary/aromatic N) is 2. The summed E-state index contributed by atoms with van der Waals surface area (Å²) in [5.74, 6) is -1.41. The fraction of sp³-hybridized carbons (Fsp3) is 0.625. The van der Waals surface area contributed by atoms with E-state index in [0.717, 1.165) is 18.5 Å². The molecule has 1 aromatic heterocycles. The second kappa shape index (κ2) is 8.47. The molecule has 8 nitrogen and oxygen atoms in total. The Morgan fingerprint density at radius 2 is 2.00 bits per heavy atom. The number of amides is 2. The second-order valence-corrected chi connectivity index (χ2v) is 6.65. The molecule has 134 valence electrons. The standard InChI is InChI=1S/C16H26N4O4/c1-6-7-11-8-12(19-18-11)15(23)24-10-14(22)20(5)9-13(21)17-16(2,3)4/h8H,6-7,9-10H2,1-5H3,(H,17,21)(H,18,19). The van der Waals surface area contributed by atoms with Gasteiger partial charge >= 0.3 is 5.97 Å². The van der Waals surface area contributed by atoms with Crippen LogP contribution in [0.1, 0.15) is 50.3 Å². The maximum absolute atomic E-state index is 11.9. The number of H-pyrrole nitrogens is 1. The van der Waals surface area contributed by atoms with E-state index >= 15 is 0 Å². The second-order valence-electron chi connectivity index (χ2n) is 6.65. The van der Waals surface area contributed by atoms with Crippen LogP contribution in [0.3, 0.4) is 0 Å². The summed E-state index contributed by atoms with van der Waals surface area (Å²) in [4.78, 5) is 36.8. The van der Waals surface area contributed by atoms with E-state index < -0.39 is 18.5 Å². The van der Waals surface area contributed by atoms with Gasteiger partial charge in [-0.3, -0.25) is 14.7 Å². The Labute approximate surface area is 141 Å². The number of esters is 1. The van der Waals surface area contributed by atoms with Crippen molar-refractivity contribution in [3.63, 3.8) is 0 Å². The molecule has 0 aliphatic carbocycles. The topological polar surface area (TPSA) is 104 Å². The van der Waals surface area contributed by atoms with E-state index in [4.69, 9.17) is 4.74 Å². The van der Waals surface area contributed by atoms with Crippen molar-refractivity contribution in [2.45, 2.75) is 46.1 Å². The number of aromatic amines is 1. The number of carbonyl (C=O) groups excluding carboxylic acids is 3. The molecule has 0 aliphatic rings. The number of likely N-dealkylation sites (N-methyl/N-ethyl adjacent to an activating group) is 1. The first-order valence-corrected chi connectivity index (χ1v) is 7.88. The van der Waals surface area contributed by atoms with Crippen LogP contribution in [0.5, 0.6) is 0 Å². The smallest absolute Gasteiger partial charge is 0.359 e. The van der Waals surface area contributed by atoms with E-state index in [0.29, 0.717) is 0 Å². The molecule has 0 fully saturated rings. The Hall–Kier alpha value is -2.38. The minimum atomic E-state index is -0.672. The van der Waals surface area contributed by atoms with Crippen molar-refractivity contribution in [3.05, 3.63) is 17.5 Å². The molecular formula is C16H26N4O4. The van der Waals surface area contributed by atoms with E-state index in [9.17, 15) is 14.4 Å². The minimum absolute atomic E-state index is 0.100. The highest BCUT2D eigenvalue weighted by Crippen LogP contribution is 2.04.